The van der Waals surface area contributed by atoms with Gasteiger partial charge in [-0.15, -0.1) is 10.2 Å². The summed E-state index contributed by atoms with van der Waals surface area (Å²) >= 11 is 12.3. The van der Waals surface area contributed by atoms with Crippen LogP contribution >= 0.6 is 23.2 Å². The second-order valence-electron chi connectivity index (χ2n) is 7.05. The predicted octanol–water partition coefficient (Wildman–Crippen LogP) is 3.21. The normalized spacial score (nSPS) is 13.6. The third-order valence-electron chi connectivity index (χ3n) is 4.94. The van der Waals surface area contributed by atoms with Gasteiger partial charge in [0.25, 0.3) is 0 Å². The number of hydrogen-bond acceptors (Lipinski definition) is 9. The summed E-state index contributed by atoms with van der Waals surface area (Å²) in [5, 5.41) is 7.92. The average Bonchev–Trinajstić information content (AvgIpc) is 3.17. The zero-order chi connectivity index (χ0) is 24.2. The molecule has 0 bridgehead atoms. The number of ether oxygens (including phenoxy) is 3. The van der Waals surface area contributed by atoms with Crippen LogP contribution in [0.4, 0.5) is 0 Å². The summed E-state index contributed by atoms with van der Waals surface area (Å²) in [6.45, 7) is 1.62. The summed E-state index contributed by atoms with van der Waals surface area (Å²) in [7, 11) is 0.593. The molecule has 0 unspecified atom stereocenters. The number of halogens is 2. The molecule has 0 spiro atoms. The van der Waals surface area contributed by atoms with E-state index in [-0.39, 0.29) is 18.3 Å². The van der Waals surface area contributed by atoms with E-state index in [4.69, 9.17) is 37.4 Å². The highest BCUT2D eigenvalue weighted by molar-refractivity contribution is 7.91. The van der Waals surface area contributed by atoms with Gasteiger partial charge in [0.2, 0.25) is 0 Å². The van der Waals surface area contributed by atoms with Gasteiger partial charge in [-0.05, 0) is 19.1 Å². The van der Waals surface area contributed by atoms with Crippen LogP contribution in [-0.2, 0) is 31.7 Å². The Labute approximate surface area is 201 Å². The summed E-state index contributed by atoms with van der Waals surface area (Å²) in [5.41, 5.74) is 0.468. The van der Waals surface area contributed by atoms with Crippen LogP contribution in [0, 0.1) is 0 Å². The first-order valence-corrected chi connectivity index (χ1v) is 12.2. The number of nitrogens with zero attached hydrogens (tertiary/aromatic N) is 5. The second-order valence-corrected chi connectivity index (χ2v) is 10.2. The Hall–Kier alpha value is -2.31. The number of sulfone groups is 1. The largest absolute Gasteiger partial charge is 0.497 e. The van der Waals surface area contributed by atoms with Gasteiger partial charge in [0.05, 0.1) is 28.1 Å². The van der Waals surface area contributed by atoms with E-state index in [0.717, 1.165) is 0 Å². The fourth-order valence-electron chi connectivity index (χ4n) is 3.21. The minimum Gasteiger partial charge on any atom is -0.497 e. The SMILES string of the molecule is COCc1nnc(CS(=O)(=O)[C@@H](C)[C@H](OC)c2ncc(Cl)cn2)n1-c1cc(OC)ccc1Cl. The third kappa shape index (κ3) is 5.61. The lowest BCUT2D eigenvalue weighted by atomic mass is 10.2. The quantitative estimate of drug-likeness (QED) is 0.400. The van der Waals surface area contributed by atoms with Gasteiger partial charge in [0, 0.05) is 32.7 Å². The maximum Gasteiger partial charge on any atom is 0.163 e. The molecular formula is C20H23Cl2N5O5S. The highest BCUT2D eigenvalue weighted by atomic mass is 35.5. The summed E-state index contributed by atoms with van der Waals surface area (Å²) < 4.78 is 44.2. The van der Waals surface area contributed by atoms with Crippen LogP contribution in [0.2, 0.25) is 10.0 Å². The lowest BCUT2D eigenvalue weighted by Crippen LogP contribution is -2.30. The fourth-order valence-corrected chi connectivity index (χ4v) is 4.93. The molecule has 0 radical (unpaired) electrons. The minimum absolute atomic E-state index is 0.0927. The summed E-state index contributed by atoms with van der Waals surface area (Å²) in [6.07, 6.45) is 1.85. The number of hydrogen-bond donors (Lipinski definition) is 0. The molecule has 0 amide bonds. The Kier molecular flexibility index (Phi) is 8.24. The smallest absolute Gasteiger partial charge is 0.163 e. The maximum absolute atomic E-state index is 13.4. The van der Waals surface area contributed by atoms with Crippen molar-refractivity contribution in [1.82, 2.24) is 24.7 Å². The van der Waals surface area contributed by atoms with Gasteiger partial charge in [-0.3, -0.25) is 4.57 Å². The van der Waals surface area contributed by atoms with Gasteiger partial charge in [-0.1, -0.05) is 23.2 Å². The highest BCUT2D eigenvalue weighted by Crippen LogP contribution is 2.30. The van der Waals surface area contributed by atoms with Gasteiger partial charge in [0.1, 0.15) is 24.2 Å². The molecule has 0 aliphatic rings. The zero-order valence-electron chi connectivity index (χ0n) is 18.4. The van der Waals surface area contributed by atoms with Crippen molar-refractivity contribution in [2.75, 3.05) is 21.3 Å². The topological polar surface area (TPSA) is 118 Å². The van der Waals surface area contributed by atoms with Crippen molar-refractivity contribution in [1.29, 1.82) is 0 Å². The van der Waals surface area contributed by atoms with Gasteiger partial charge in [0.15, 0.2) is 27.3 Å². The van der Waals surface area contributed by atoms with E-state index in [1.54, 1.807) is 22.8 Å². The van der Waals surface area contributed by atoms with Gasteiger partial charge >= 0.3 is 0 Å². The molecule has 0 aliphatic heterocycles. The molecule has 0 saturated carbocycles. The van der Waals surface area contributed by atoms with Crippen LogP contribution in [0.15, 0.2) is 30.6 Å². The van der Waals surface area contributed by atoms with Crippen molar-refractivity contribution in [3.63, 3.8) is 0 Å². The van der Waals surface area contributed by atoms with Crippen LogP contribution in [-0.4, -0.2) is 59.7 Å². The van der Waals surface area contributed by atoms with Gasteiger partial charge in [-0.25, -0.2) is 18.4 Å². The molecule has 2 atom stereocenters. The monoisotopic (exact) mass is 515 g/mol. The fraction of sp³-hybridized carbons (Fsp3) is 0.400. The van der Waals surface area contributed by atoms with E-state index < -0.39 is 26.9 Å². The molecule has 3 aromatic rings. The van der Waals surface area contributed by atoms with Crippen LogP contribution in [0.25, 0.3) is 5.69 Å². The third-order valence-corrected chi connectivity index (χ3v) is 7.49. The van der Waals surface area contributed by atoms with Crippen molar-refractivity contribution < 1.29 is 22.6 Å². The number of benzene rings is 1. The van der Waals surface area contributed by atoms with Crippen LogP contribution < -0.4 is 4.74 Å². The van der Waals surface area contributed by atoms with E-state index in [2.05, 4.69) is 20.2 Å². The molecule has 33 heavy (non-hydrogen) atoms. The van der Waals surface area contributed by atoms with Gasteiger partial charge < -0.3 is 14.2 Å². The molecule has 0 fully saturated rings. The lowest BCUT2D eigenvalue weighted by molar-refractivity contribution is 0.0948. The Morgan fingerprint density at radius 3 is 2.33 bits per heavy atom. The van der Waals surface area contributed by atoms with Crippen molar-refractivity contribution in [3.05, 3.63) is 58.1 Å². The Morgan fingerprint density at radius 2 is 1.73 bits per heavy atom. The van der Waals surface area contributed by atoms with Crippen LogP contribution in [0.3, 0.4) is 0 Å². The van der Waals surface area contributed by atoms with Crippen LogP contribution in [0.1, 0.15) is 30.5 Å². The molecule has 0 aliphatic carbocycles. The van der Waals surface area contributed by atoms with E-state index in [9.17, 15) is 8.42 Å². The summed E-state index contributed by atoms with van der Waals surface area (Å²) in [6, 6.07) is 5.01. The number of aromatic nitrogens is 5. The van der Waals surface area contributed by atoms with Crippen LogP contribution in [0.5, 0.6) is 5.75 Å². The second kappa shape index (κ2) is 10.7. The summed E-state index contributed by atoms with van der Waals surface area (Å²) in [4.78, 5) is 8.20. The van der Waals surface area contributed by atoms with Crippen molar-refractivity contribution in [2.24, 2.45) is 0 Å². The first-order valence-electron chi connectivity index (χ1n) is 9.69. The molecule has 2 heterocycles. The first-order chi connectivity index (χ1) is 15.7. The zero-order valence-corrected chi connectivity index (χ0v) is 20.7. The Morgan fingerprint density at radius 1 is 1.06 bits per heavy atom. The summed E-state index contributed by atoms with van der Waals surface area (Å²) in [5.74, 6) is 0.848. The Balaban J connectivity index is 2.01. The van der Waals surface area contributed by atoms with Crippen molar-refractivity contribution in [2.45, 2.75) is 30.6 Å². The van der Waals surface area contributed by atoms with E-state index >= 15 is 0 Å². The lowest BCUT2D eigenvalue weighted by Gasteiger charge is -2.21. The molecule has 2 aromatic heterocycles. The van der Waals surface area contributed by atoms with E-state index in [1.165, 1.54) is 40.6 Å². The van der Waals surface area contributed by atoms with E-state index in [0.29, 0.717) is 27.3 Å². The molecule has 3 rings (SSSR count). The number of methoxy groups -OCH3 is 3. The molecule has 1 aromatic carbocycles. The van der Waals surface area contributed by atoms with Crippen molar-refractivity contribution in [3.8, 4) is 11.4 Å². The van der Waals surface area contributed by atoms with E-state index in [1.807, 2.05) is 0 Å². The molecule has 10 nitrogen and oxygen atoms in total. The highest BCUT2D eigenvalue weighted by Gasteiger charge is 2.34. The average molecular weight is 516 g/mol. The molecule has 13 heteroatoms. The molecule has 0 saturated heterocycles. The molecular weight excluding hydrogens is 493 g/mol. The van der Waals surface area contributed by atoms with Crippen molar-refractivity contribution >= 4 is 33.0 Å². The standard InChI is InChI=1S/C20H23Cl2N5O5S/c1-12(19(32-4)20-23-8-13(21)9-24-20)33(28,29)11-18-26-25-17(10-30-2)27(18)16-7-14(31-3)5-6-15(16)22/h5-9,12,19H,10-11H2,1-4H3/t12-,19-/m0/s1. The minimum atomic E-state index is -3.82. The first kappa shape index (κ1) is 25.3. The Bertz CT molecular complexity index is 1200. The predicted molar refractivity (Wildman–Crippen MR) is 123 cm³/mol. The molecule has 178 valence electrons. The molecule has 0 N–H and O–H groups in total. The maximum atomic E-state index is 13.4. The van der Waals surface area contributed by atoms with Gasteiger partial charge in [-0.2, -0.15) is 0 Å². The number of rotatable bonds is 10.